The second-order valence-corrected chi connectivity index (χ2v) is 5.11. The zero-order valence-corrected chi connectivity index (χ0v) is 9.45. The molecule has 1 aromatic carbocycles. The first-order chi connectivity index (χ1) is 7.34. The quantitative estimate of drug-likeness (QED) is 0.674. The van der Waals surface area contributed by atoms with Gasteiger partial charge in [0.1, 0.15) is 0 Å². The van der Waals surface area contributed by atoms with Gasteiger partial charge in [-0.1, -0.05) is 37.6 Å². The summed E-state index contributed by atoms with van der Waals surface area (Å²) in [5.41, 5.74) is 3.14. The highest BCUT2D eigenvalue weighted by Gasteiger charge is 2.30. The smallest absolute Gasteiger partial charge is 0.0239 e. The van der Waals surface area contributed by atoms with Gasteiger partial charge in [0.25, 0.3) is 0 Å². The fraction of sp³-hybridized carbons (Fsp3) is 0.571. The van der Waals surface area contributed by atoms with Crippen molar-refractivity contribution in [1.82, 2.24) is 4.90 Å². The van der Waals surface area contributed by atoms with Gasteiger partial charge in [-0.3, -0.25) is 4.90 Å². The Morgan fingerprint density at radius 3 is 2.73 bits per heavy atom. The summed E-state index contributed by atoms with van der Waals surface area (Å²) in [6.07, 6.45) is 4.29. The molecule has 0 aromatic heterocycles. The summed E-state index contributed by atoms with van der Waals surface area (Å²) in [7, 11) is 0. The fourth-order valence-corrected chi connectivity index (χ4v) is 2.92. The summed E-state index contributed by atoms with van der Waals surface area (Å²) in [6.45, 7) is 4.82. The van der Waals surface area contributed by atoms with E-state index >= 15 is 0 Å². The molecule has 15 heavy (non-hydrogen) atoms. The first kappa shape index (κ1) is 9.41. The van der Waals surface area contributed by atoms with Crippen molar-refractivity contribution in [1.29, 1.82) is 0 Å². The molecular formula is C14H19N. The Kier molecular flexibility index (Phi) is 2.28. The number of hydrogen-bond donors (Lipinski definition) is 0. The summed E-state index contributed by atoms with van der Waals surface area (Å²) in [5.74, 6) is 0.718. The minimum absolute atomic E-state index is 0.718. The second-order valence-electron chi connectivity index (χ2n) is 5.11. The summed E-state index contributed by atoms with van der Waals surface area (Å²) in [6, 6.07) is 9.85. The van der Waals surface area contributed by atoms with E-state index in [0.29, 0.717) is 0 Å². The minimum Gasteiger partial charge on any atom is -0.296 e. The van der Waals surface area contributed by atoms with Crippen molar-refractivity contribution >= 4 is 0 Å². The predicted molar refractivity (Wildman–Crippen MR) is 62.9 cm³/mol. The van der Waals surface area contributed by atoms with E-state index in [1.165, 1.54) is 32.4 Å². The van der Waals surface area contributed by atoms with Crippen molar-refractivity contribution < 1.29 is 0 Å². The van der Waals surface area contributed by atoms with Gasteiger partial charge in [0.2, 0.25) is 0 Å². The van der Waals surface area contributed by atoms with Crippen molar-refractivity contribution in [3.8, 4) is 0 Å². The number of benzene rings is 1. The Morgan fingerprint density at radius 1 is 1.20 bits per heavy atom. The molecule has 0 radical (unpaired) electrons. The van der Waals surface area contributed by atoms with E-state index < -0.39 is 0 Å². The number of rotatable bonds is 1. The normalized spacial score (nSPS) is 27.1. The Bertz CT molecular complexity index is 354. The zero-order chi connectivity index (χ0) is 10.3. The average molecular weight is 201 g/mol. The maximum absolute atomic E-state index is 2.69. The molecule has 1 atom stereocenters. The zero-order valence-electron chi connectivity index (χ0n) is 9.45. The van der Waals surface area contributed by atoms with Gasteiger partial charge < -0.3 is 0 Å². The number of hydrogen-bond acceptors (Lipinski definition) is 1. The van der Waals surface area contributed by atoms with Crippen LogP contribution in [0.25, 0.3) is 0 Å². The van der Waals surface area contributed by atoms with E-state index in [0.717, 1.165) is 12.0 Å². The first-order valence-electron chi connectivity index (χ1n) is 6.16. The molecule has 1 aliphatic heterocycles. The second kappa shape index (κ2) is 3.64. The molecule has 80 valence electrons. The van der Waals surface area contributed by atoms with Gasteiger partial charge in [0.05, 0.1) is 0 Å². The Labute approximate surface area is 92.1 Å². The molecule has 0 N–H and O–H groups in total. The summed E-state index contributed by atoms with van der Waals surface area (Å²) in [5, 5.41) is 0. The van der Waals surface area contributed by atoms with E-state index in [-0.39, 0.29) is 0 Å². The van der Waals surface area contributed by atoms with Crippen molar-refractivity contribution in [2.24, 2.45) is 0 Å². The van der Waals surface area contributed by atoms with Gasteiger partial charge in [-0.05, 0) is 29.9 Å². The monoisotopic (exact) mass is 201 g/mol. The van der Waals surface area contributed by atoms with Gasteiger partial charge in [0, 0.05) is 19.1 Å². The first-order valence-corrected chi connectivity index (χ1v) is 6.16. The van der Waals surface area contributed by atoms with Gasteiger partial charge >= 0.3 is 0 Å². The summed E-state index contributed by atoms with van der Waals surface area (Å²) >= 11 is 0. The number of nitrogens with zero attached hydrogens (tertiary/aromatic N) is 1. The van der Waals surface area contributed by atoms with Crippen LogP contribution in [-0.4, -0.2) is 17.5 Å². The molecule has 1 fully saturated rings. The lowest BCUT2D eigenvalue weighted by Crippen LogP contribution is -2.44. The maximum Gasteiger partial charge on any atom is 0.0239 e. The van der Waals surface area contributed by atoms with Crippen LogP contribution in [0.3, 0.4) is 0 Å². The number of fused-ring (bicyclic) bond motifs is 1. The highest BCUT2D eigenvalue weighted by Crippen LogP contribution is 2.33. The maximum atomic E-state index is 2.69. The van der Waals surface area contributed by atoms with Crippen molar-refractivity contribution in [2.75, 3.05) is 6.54 Å². The fourth-order valence-electron chi connectivity index (χ4n) is 2.92. The Morgan fingerprint density at radius 2 is 2.00 bits per heavy atom. The molecule has 2 aliphatic rings. The third kappa shape index (κ3) is 1.59. The van der Waals surface area contributed by atoms with Crippen molar-refractivity contribution in [3.63, 3.8) is 0 Å². The molecule has 0 saturated heterocycles. The molecule has 1 saturated carbocycles. The van der Waals surface area contributed by atoms with Crippen LogP contribution < -0.4 is 0 Å². The van der Waals surface area contributed by atoms with Crippen LogP contribution in [0.15, 0.2) is 24.3 Å². The highest BCUT2D eigenvalue weighted by molar-refractivity contribution is 5.32. The predicted octanol–water partition coefficient (Wildman–Crippen LogP) is 3.16. The van der Waals surface area contributed by atoms with E-state index in [4.69, 9.17) is 0 Å². The molecule has 0 amide bonds. The summed E-state index contributed by atoms with van der Waals surface area (Å²) < 4.78 is 0. The SMILES string of the molecule is CC1CN(C2CCC2)Cc2ccccc21. The van der Waals surface area contributed by atoms with Gasteiger partial charge in [-0.25, -0.2) is 0 Å². The standard InChI is InChI=1S/C14H19N/c1-11-9-15(13-6-4-7-13)10-12-5-2-3-8-14(11)12/h2-3,5,8,11,13H,4,6-7,9-10H2,1H3. The van der Waals surface area contributed by atoms with Crippen LogP contribution in [0.2, 0.25) is 0 Å². The van der Waals surface area contributed by atoms with Crippen LogP contribution in [-0.2, 0) is 6.54 Å². The molecule has 1 aliphatic carbocycles. The lowest BCUT2D eigenvalue weighted by atomic mass is 9.85. The van der Waals surface area contributed by atoms with E-state index in [9.17, 15) is 0 Å². The van der Waals surface area contributed by atoms with Crippen LogP contribution in [0, 0.1) is 0 Å². The molecular weight excluding hydrogens is 182 g/mol. The molecule has 3 rings (SSSR count). The third-order valence-corrected chi connectivity index (χ3v) is 4.06. The molecule has 1 unspecified atom stereocenters. The minimum atomic E-state index is 0.718. The highest BCUT2D eigenvalue weighted by atomic mass is 15.2. The van der Waals surface area contributed by atoms with E-state index in [2.05, 4.69) is 36.1 Å². The van der Waals surface area contributed by atoms with Crippen LogP contribution >= 0.6 is 0 Å². The third-order valence-electron chi connectivity index (χ3n) is 4.06. The van der Waals surface area contributed by atoms with Gasteiger partial charge in [-0.15, -0.1) is 0 Å². The Hall–Kier alpha value is -0.820. The topological polar surface area (TPSA) is 3.24 Å². The van der Waals surface area contributed by atoms with Crippen LogP contribution in [0.4, 0.5) is 0 Å². The van der Waals surface area contributed by atoms with Crippen LogP contribution in [0.5, 0.6) is 0 Å². The van der Waals surface area contributed by atoms with Gasteiger partial charge in [0.15, 0.2) is 0 Å². The van der Waals surface area contributed by atoms with Crippen molar-refractivity contribution in [3.05, 3.63) is 35.4 Å². The molecule has 0 bridgehead atoms. The molecule has 1 aromatic rings. The van der Waals surface area contributed by atoms with Crippen LogP contribution in [0.1, 0.15) is 43.2 Å². The molecule has 0 spiro atoms. The lowest BCUT2D eigenvalue weighted by molar-refractivity contribution is 0.104. The molecule has 1 heteroatoms. The van der Waals surface area contributed by atoms with Crippen molar-refractivity contribution in [2.45, 2.75) is 44.7 Å². The van der Waals surface area contributed by atoms with E-state index in [1.54, 1.807) is 11.1 Å². The van der Waals surface area contributed by atoms with Gasteiger partial charge in [-0.2, -0.15) is 0 Å². The Balaban J connectivity index is 1.85. The average Bonchev–Trinajstić information content (AvgIpc) is 2.15. The molecule has 1 heterocycles. The largest absolute Gasteiger partial charge is 0.296 e. The lowest BCUT2D eigenvalue weighted by Gasteiger charge is -2.42. The summed E-state index contributed by atoms with van der Waals surface area (Å²) in [4.78, 5) is 2.69. The molecule has 1 nitrogen and oxygen atoms in total. The van der Waals surface area contributed by atoms with E-state index in [1.807, 2.05) is 0 Å².